The molecule has 0 atom stereocenters. The van der Waals surface area contributed by atoms with Gasteiger partial charge in [-0.05, 0) is 55.2 Å². The fourth-order valence-corrected chi connectivity index (χ4v) is 3.87. The number of aryl methyl sites for hydroxylation is 2. The van der Waals surface area contributed by atoms with E-state index in [1.54, 1.807) is 18.1 Å². The summed E-state index contributed by atoms with van der Waals surface area (Å²) in [6, 6.07) is 9.31. The number of nitrogens with one attached hydrogen (secondary N) is 1. The lowest BCUT2D eigenvalue weighted by Crippen LogP contribution is -2.43. The van der Waals surface area contributed by atoms with Gasteiger partial charge in [0.15, 0.2) is 0 Å². The van der Waals surface area contributed by atoms with Crippen molar-refractivity contribution in [1.29, 1.82) is 0 Å². The summed E-state index contributed by atoms with van der Waals surface area (Å²) in [7, 11) is 1.63. The van der Waals surface area contributed by atoms with Gasteiger partial charge in [-0.2, -0.15) is 0 Å². The number of methoxy groups -OCH3 is 1. The van der Waals surface area contributed by atoms with Crippen molar-refractivity contribution in [3.05, 3.63) is 57.5 Å². The van der Waals surface area contributed by atoms with Crippen LogP contribution in [0.15, 0.2) is 35.1 Å². The number of fused-ring (bicyclic) bond motifs is 1. The van der Waals surface area contributed by atoms with Gasteiger partial charge in [-0.15, -0.1) is 0 Å². The first kappa shape index (κ1) is 17.6. The highest BCUT2D eigenvalue weighted by molar-refractivity contribution is 5.94. The topological polar surface area (TPSA) is 71.6 Å². The molecule has 1 fully saturated rings. The molecule has 6 heteroatoms. The predicted molar refractivity (Wildman–Crippen MR) is 102 cm³/mol. The summed E-state index contributed by atoms with van der Waals surface area (Å²) in [5.74, 6) is 1.42. The summed E-state index contributed by atoms with van der Waals surface area (Å²) in [6.07, 6.45) is 4.44. The molecule has 0 bridgehead atoms. The Balaban J connectivity index is 1.37. The molecule has 6 nitrogen and oxygen atoms in total. The van der Waals surface area contributed by atoms with Crippen LogP contribution in [0, 0.1) is 0 Å². The minimum Gasteiger partial charge on any atom is -0.497 e. The Hall–Kier alpha value is -2.76. The molecule has 1 saturated heterocycles. The zero-order valence-corrected chi connectivity index (χ0v) is 15.5. The van der Waals surface area contributed by atoms with E-state index in [4.69, 9.17) is 9.47 Å². The van der Waals surface area contributed by atoms with Crippen LogP contribution in [0.25, 0.3) is 0 Å². The lowest BCUT2D eigenvalue weighted by atomic mass is 10.1. The maximum absolute atomic E-state index is 12.8. The summed E-state index contributed by atoms with van der Waals surface area (Å²) >= 11 is 0. The van der Waals surface area contributed by atoms with Crippen molar-refractivity contribution in [2.75, 3.05) is 20.2 Å². The number of pyridine rings is 1. The van der Waals surface area contributed by atoms with Gasteiger partial charge < -0.3 is 19.4 Å². The van der Waals surface area contributed by atoms with Gasteiger partial charge in [-0.1, -0.05) is 0 Å². The van der Waals surface area contributed by atoms with Crippen molar-refractivity contribution in [2.45, 2.75) is 38.2 Å². The third-order valence-corrected chi connectivity index (χ3v) is 5.41. The molecule has 0 radical (unpaired) electrons. The van der Waals surface area contributed by atoms with E-state index in [0.29, 0.717) is 13.1 Å². The summed E-state index contributed by atoms with van der Waals surface area (Å²) < 4.78 is 11.2. The normalized spacial score (nSPS) is 16.9. The van der Waals surface area contributed by atoms with E-state index in [0.717, 1.165) is 54.9 Å². The fraction of sp³-hybridized carbons (Fsp3) is 0.429. The number of H-pyrrole nitrogens is 1. The number of ether oxygens (including phenoxy) is 2. The van der Waals surface area contributed by atoms with Crippen molar-refractivity contribution in [2.24, 2.45) is 0 Å². The molecule has 1 aromatic carbocycles. The largest absolute Gasteiger partial charge is 0.497 e. The smallest absolute Gasteiger partial charge is 0.261 e. The van der Waals surface area contributed by atoms with E-state index >= 15 is 0 Å². The van der Waals surface area contributed by atoms with Gasteiger partial charge in [-0.25, -0.2) is 0 Å². The van der Waals surface area contributed by atoms with Crippen molar-refractivity contribution >= 4 is 5.91 Å². The zero-order chi connectivity index (χ0) is 18.8. The average Bonchev–Trinajstić information content (AvgIpc) is 3.15. The second-order valence-corrected chi connectivity index (χ2v) is 7.15. The van der Waals surface area contributed by atoms with Crippen LogP contribution >= 0.6 is 0 Å². The maximum atomic E-state index is 12.8. The lowest BCUT2D eigenvalue weighted by Gasteiger charge is -2.32. The number of piperidine rings is 1. The SMILES string of the molecule is COc1ccc(OC2CCN(C(=O)c3cc4c([nH]c3=O)CCC4)CC2)cc1. The summed E-state index contributed by atoms with van der Waals surface area (Å²) in [4.78, 5) is 29.7. The van der Waals surface area contributed by atoms with Crippen molar-refractivity contribution in [3.63, 3.8) is 0 Å². The molecule has 27 heavy (non-hydrogen) atoms. The molecule has 1 aliphatic heterocycles. The first-order valence-corrected chi connectivity index (χ1v) is 9.49. The van der Waals surface area contributed by atoms with Crippen LogP contribution in [-0.2, 0) is 12.8 Å². The Morgan fingerprint density at radius 1 is 1.11 bits per heavy atom. The van der Waals surface area contributed by atoms with E-state index in [9.17, 15) is 9.59 Å². The zero-order valence-electron chi connectivity index (χ0n) is 15.5. The predicted octanol–water partition coefficient (Wildman–Crippen LogP) is 2.56. The number of likely N-dealkylation sites (tertiary alicyclic amines) is 1. The van der Waals surface area contributed by atoms with Crippen LogP contribution < -0.4 is 15.0 Å². The molecule has 0 unspecified atom stereocenters. The number of carbonyl (C=O) groups excluding carboxylic acids is 1. The van der Waals surface area contributed by atoms with E-state index in [1.165, 1.54) is 0 Å². The van der Waals surface area contributed by atoms with Crippen LogP contribution in [0.2, 0.25) is 0 Å². The Morgan fingerprint density at radius 3 is 2.52 bits per heavy atom. The van der Waals surface area contributed by atoms with E-state index in [1.807, 2.05) is 24.3 Å². The van der Waals surface area contributed by atoms with Crippen LogP contribution in [0.1, 0.15) is 40.9 Å². The number of nitrogens with zero attached hydrogens (tertiary/aromatic N) is 1. The van der Waals surface area contributed by atoms with Gasteiger partial charge in [0, 0.05) is 31.6 Å². The summed E-state index contributed by atoms with van der Waals surface area (Å²) in [5.41, 5.74) is 2.10. The number of carbonyl (C=O) groups is 1. The Kier molecular flexibility index (Phi) is 4.88. The molecule has 1 aromatic heterocycles. The number of hydrogen-bond acceptors (Lipinski definition) is 4. The van der Waals surface area contributed by atoms with Gasteiger partial charge in [0.05, 0.1) is 7.11 Å². The third kappa shape index (κ3) is 3.70. The molecule has 142 valence electrons. The standard InChI is InChI=1S/C21H24N2O4/c1-26-15-5-7-16(8-6-15)27-17-9-11-23(12-10-17)21(25)18-13-14-3-2-4-19(14)22-20(18)24/h5-8,13,17H,2-4,9-12H2,1H3,(H,22,24). The minimum absolute atomic E-state index is 0.0701. The minimum atomic E-state index is -0.266. The number of aromatic nitrogens is 1. The number of amides is 1. The number of benzene rings is 1. The van der Waals surface area contributed by atoms with E-state index in [2.05, 4.69) is 4.98 Å². The molecule has 1 amide bonds. The van der Waals surface area contributed by atoms with Crippen molar-refractivity contribution in [3.8, 4) is 11.5 Å². The van der Waals surface area contributed by atoms with Gasteiger partial charge in [-0.3, -0.25) is 9.59 Å². The molecule has 2 aromatic rings. The highest BCUT2D eigenvalue weighted by Crippen LogP contribution is 2.23. The average molecular weight is 368 g/mol. The summed E-state index contributed by atoms with van der Waals surface area (Å²) in [6.45, 7) is 1.19. The first-order chi connectivity index (χ1) is 13.1. The molecular weight excluding hydrogens is 344 g/mol. The second kappa shape index (κ2) is 7.47. The molecular formula is C21H24N2O4. The molecule has 2 aliphatic rings. The maximum Gasteiger partial charge on any atom is 0.261 e. The number of hydrogen-bond donors (Lipinski definition) is 1. The van der Waals surface area contributed by atoms with Crippen molar-refractivity contribution < 1.29 is 14.3 Å². The van der Waals surface area contributed by atoms with Crippen LogP contribution in [0.3, 0.4) is 0 Å². The highest BCUT2D eigenvalue weighted by atomic mass is 16.5. The number of aromatic amines is 1. The Labute approximate surface area is 158 Å². The fourth-order valence-electron chi connectivity index (χ4n) is 3.87. The van der Waals surface area contributed by atoms with Crippen LogP contribution in [0.4, 0.5) is 0 Å². The van der Waals surface area contributed by atoms with Gasteiger partial charge in [0.1, 0.15) is 23.2 Å². The molecule has 2 heterocycles. The van der Waals surface area contributed by atoms with Crippen LogP contribution in [0.5, 0.6) is 11.5 Å². The monoisotopic (exact) mass is 368 g/mol. The Bertz CT molecular complexity index is 880. The molecule has 1 aliphatic carbocycles. The number of rotatable bonds is 4. The highest BCUT2D eigenvalue weighted by Gasteiger charge is 2.27. The Morgan fingerprint density at radius 2 is 1.81 bits per heavy atom. The second-order valence-electron chi connectivity index (χ2n) is 7.15. The molecule has 4 rings (SSSR count). The van der Waals surface area contributed by atoms with Crippen LogP contribution in [-0.4, -0.2) is 42.1 Å². The van der Waals surface area contributed by atoms with E-state index in [-0.39, 0.29) is 23.1 Å². The quantitative estimate of drug-likeness (QED) is 0.900. The van der Waals surface area contributed by atoms with Crippen molar-refractivity contribution in [1.82, 2.24) is 9.88 Å². The first-order valence-electron chi connectivity index (χ1n) is 9.49. The lowest BCUT2D eigenvalue weighted by molar-refractivity contribution is 0.0593. The molecule has 0 spiro atoms. The van der Waals surface area contributed by atoms with Gasteiger partial charge in [0.2, 0.25) is 0 Å². The van der Waals surface area contributed by atoms with Gasteiger partial charge in [0.25, 0.3) is 11.5 Å². The third-order valence-electron chi connectivity index (χ3n) is 5.41. The van der Waals surface area contributed by atoms with E-state index < -0.39 is 0 Å². The summed E-state index contributed by atoms with van der Waals surface area (Å²) in [5, 5.41) is 0. The molecule has 0 saturated carbocycles. The molecule has 1 N–H and O–H groups in total. The van der Waals surface area contributed by atoms with Gasteiger partial charge >= 0.3 is 0 Å².